The predicted molar refractivity (Wildman–Crippen MR) is 61.5 cm³/mol. The molecule has 16 heavy (non-hydrogen) atoms. The second-order valence-corrected chi connectivity index (χ2v) is 3.73. The number of nitrogen functional groups attached to an aromatic ring is 1. The van der Waals surface area contributed by atoms with Crippen LogP contribution in [-0.4, -0.2) is 34.1 Å². The van der Waals surface area contributed by atoms with Crippen molar-refractivity contribution in [3.63, 3.8) is 0 Å². The second kappa shape index (κ2) is 4.51. The number of ether oxygens (including phenoxy) is 1. The van der Waals surface area contributed by atoms with Crippen LogP contribution in [0.25, 0.3) is 0 Å². The highest BCUT2D eigenvalue weighted by Gasteiger charge is 2.30. The summed E-state index contributed by atoms with van der Waals surface area (Å²) in [6.45, 7) is 5.37. The van der Waals surface area contributed by atoms with E-state index in [-0.39, 0.29) is 5.95 Å². The molecule has 0 atom stereocenters. The van der Waals surface area contributed by atoms with Gasteiger partial charge >= 0.3 is 6.01 Å². The fourth-order valence-electron chi connectivity index (χ4n) is 1.63. The smallest absolute Gasteiger partial charge is 0.323 e. The van der Waals surface area contributed by atoms with E-state index in [4.69, 9.17) is 10.5 Å². The Morgan fingerprint density at radius 2 is 2.06 bits per heavy atom. The van der Waals surface area contributed by atoms with Crippen LogP contribution in [-0.2, 0) is 0 Å². The molecule has 6 heteroatoms. The van der Waals surface area contributed by atoms with Crippen LogP contribution < -0.4 is 15.4 Å². The number of hydrogen-bond acceptors (Lipinski definition) is 6. The van der Waals surface area contributed by atoms with E-state index in [0.717, 1.165) is 6.54 Å². The van der Waals surface area contributed by atoms with Gasteiger partial charge in [-0.05, 0) is 26.7 Å². The van der Waals surface area contributed by atoms with Gasteiger partial charge < -0.3 is 15.4 Å². The molecule has 1 aromatic rings. The first-order valence-electron chi connectivity index (χ1n) is 5.65. The van der Waals surface area contributed by atoms with Crippen molar-refractivity contribution in [3.8, 4) is 6.01 Å². The molecular weight excluding hydrogens is 206 g/mol. The van der Waals surface area contributed by atoms with Crippen LogP contribution in [0.3, 0.4) is 0 Å². The van der Waals surface area contributed by atoms with Crippen molar-refractivity contribution in [2.45, 2.75) is 32.7 Å². The molecule has 1 aliphatic carbocycles. The monoisotopic (exact) mass is 223 g/mol. The molecule has 1 heterocycles. The molecule has 0 spiro atoms. The maximum Gasteiger partial charge on any atom is 0.323 e. The zero-order valence-electron chi connectivity index (χ0n) is 9.68. The Morgan fingerprint density at radius 3 is 2.62 bits per heavy atom. The molecule has 0 saturated heterocycles. The Hall–Kier alpha value is -1.59. The molecule has 1 aromatic heterocycles. The van der Waals surface area contributed by atoms with Gasteiger partial charge in [0.1, 0.15) is 0 Å². The summed E-state index contributed by atoms with van der Waals surface area (Å²) in [6, 6.07) is 0.866. The molecule has 0 radical (unpaired) electrons. The Labute approximate surface area is 94.9 Å². The van der Waals surface area contributed by atoms with E-state index in [2.05, 4.69) is 26.8 Å². The van der Waals surface area contributed by atoms with Crippen LogP contribution >= 0.6 is 0 Å². The maximum atomic E-state index is 5.63. The third-order valence-corrected chi connectivity index (χ3v) is 2.48. The summed E-state index contributed by atoms with van der Waals surface area (Å²) < 4.78 is 5.25. The fraction of sp³-hybridized carbons (Fsp3) is 0.700. The zero-order chi connectivity index (χ0) is 11.5. The first-order chi connectivity index (χ1) is 7.74. The number of anilines is 2. The maximum absolute atomic E-state index is 5.63. The number of nitrogens with two attached hydrogens (primary N) is 1. The number of nitrogens with zero attached hydrogens (tertiary/aromatic N) is 4. The van der Waals surface area contributed by atoms with Crippen molar-refractivity contribution >= 4 is 11.9 Å². The minimum Gasteiger partial charge on any atom is -0.464 e. The third kappa shape index (κ3) is 2.32. The van der Waals surface area contributed by atoms with Crippen LogP contribution in [0.2, 0.25) is 0 Å². The average Bonchev–Trinajstić information content (AvgIpc) is 3.03. The molecular formula is C10H17N5O. The van der Waals surface area contributed by atoms with E-state index in [0.29, 0.717) is 24.6 Å². The minimum atomic E-state index is 0.215. The molecule has 6 nitrogen and oxygen atoms in total. The quantitative estimate of drug-likeness (QED) is 0.797. The summed E-state index contributed by atoms with van der Waals surface area (Å²) in [5.74, 6) is 0.841. The molecule has 1 fully saturated rings. The van der Waals surface area contributed by atoms with E-state index in [9.17, 15) is 0 Å². The van der Waals surface area contributed by atoms with Crippen molar-refractivity contribution in [3.05, 3.63) is 0 Å². The van der Waals surface area contributed by atoms with E-state index in [1.54, 1.807) is 0 Å². The topological polar surface area (TPSA) is 77.2 Å². The molecule has 2 rings (SSSR count). The van der Waals surface area contributed by atoms with Crippen molar-refractivity contribution in [1.29, 1.82) is 0 Å². The van der Waals surface area contributed by atoms with Gasteiger partial charge in [-0.2, -0.15) is 15.0 Å². The average molecular weight is 223 g/mol. The first kappa shape index (κ1) is 10.9. The summed E-state index contributed by atoms with van der Waals surface area (Å²) in [4.78, 5) is 14.5. The second-order valence-electron chi connectivity index (χ2n) is 3.73. The van der Waals surface area contributed by atoms with Gasteiger partial charge in [0.15, 0.2) is 0 Å². The number of hydrogen-bond donors (Lipinski definition) is 1. The Bertz CT molecular complexity index is 366. The molecule has 0 bridgehead atoms. The normalized spacial score (nSPS) is 14.9. The van der Waals surface area contributed by atoms with E-state index in [1.807, 2.05) is 6.92 Å². The molecule has 1 saturated carbocycles. The Morgan fingerprint density at radius 1 is 1.31 bits per heavy atom. The van der Waals surface area contributed by atoms with E-state index < -0.39 is 0 Å². The summed E-state index contributed by atoms with van der Waals surface area (Å²) in [7, 11) is 0. The van der Waals surface area contributed by atoms with Crippen molar-refractivity contribution in [1.82, 2.24) is 15.0 Å². The van der Waals surface area contributed by atoms with Gasteiger partial charge in [0, 0.05) is 12.6 Å². The van der Waals surface area contributed by atoms with Gasteiger partial charge in [0.05, 0.1) is 6.61 Å². The number of rotatable bonds is 5. The SMILES string of the molecule is CCOc1nc(N)nc(N(CC)C2CC2)n1. The third-order valence-electron chi connectivity index (χ3n) is 2.48. The van der Waals surface area contributed by atoms with Gasteiger partial charge in [0.2, 0.25) is 11.9 Å². The van der Waals surface area contributed by atoms with Gasteiger partial charge in [0.25, 0.3) is 0 Å². The fourth-order valence-corrected chi connectivity index (χ4v) is 1.63. The summed E-state index contributed by atoms with van der Waals surface area (Å²) in [5.41, 5.74) is 5.63. The van der Waals surface area contributed by atoms with E-state index in [1.165, 1.54) is 12.8 Å². The standard InChI is InChI=1S/C10H17N5O/c1-3-15(7-5-6-7)9-12-8(11)13-10(14-9)16-4-2/h7H,3-6H2,1-2H3,(H2,11,12,13,14). The molecule has 0 amide bonds. The van der Waals surface area contributed by atoms with Crippen LogP contribution in [0.15, 0.2) is 0 Å². The van der Waals surface area contributed by atoms with Crippen LogP contribution in [0.5, 0.6) is 6.01 Å². The summed E-state index contributed by atoms with van der Waals surface area (Å²) >= 11 is 0. The van der Waals surface area contributed by atoms with Crippen LogP contribution in [0.1, 0.15) is 26.7 Å². The predicted octanol–water partition coefficient (Wildman–Crippen LogP) is 0.841. The lowest BCUT2D eigenvalue weighted by Gasteiger charge is -2.20. The molecule has 0 unspecified atom stereocenters. The first-order valence-corrected chi connectivity index (χ1v) is 5.65. The van der Waals surface area contributed by atoms with Crippen LogP contribution in [0, 0.1) is 0 Å². The van der Waals surface area contributed by atoms with Gasteiger partial charge in [-0.3, -0.25) is 0 Å². The van der Waals surface area contributed by atoms with Gasteiger partial charge in [-0.1, -0.05) is 0 Å². The lowest BCUT2D eigenvalue weighted by molar-refractivity contribution is 0.312. The number of aromatic nitrogens is 3. The minimum absolute atomic E-state index is 0.215. The highest BCUT2D eigenvalue weighted by Crippen LogP contribution is 2.30. The Kier molecular flexibility index (Phi) is 3.07. The van der Waals surface area contributed by atoms with Crippen molar-refractivity contribution in [2.24, 2.45) is 0 Å². The van der Waals surface area contributed by atoms with Gasteiger partial charge in [-0.15, -0.1) is 0 Å². The molecule has 2 N–H and O–H groups in total. The molecule has 88 valence electrons. The molecule has 0 aromatic carbocycles. The summed E-state index contributed by atoms with van der Waals surface area (Å²) in [6.07, 6.45) is 2.40. The molecule has 0 aliphatic heterocycles. The zero-order valence-corrected chi connectivity index (χ0v) is 9.68. The lowest BCUT2D eigenvalue weighted by Crippen LogP contribution is -2.27. The van der Waals surface area contributed by atoms with Gasteiger partial charge in [-0.25, -0.2) is 0 Å². The lowest BCUT2D eigenvalue weighted by atomic mass is 10.5. The highest BCUT2D eigenvalue weighted by atomic mass is 16.5. The summed E-state index contributed by atoms with van der Waals surface area (Å²) in [5, 5.41) is 0. The highest BCUT2D eigenvalue weighted by molar-refractivity contribution is 5.38. The van der Waals surface area contributed by atoms with Crippen molar-refractivity contribution < 1.29 is 4.74 Å². The van der Waals surface area contributed by atoms with E-state index >= 15 is 0 Å². The Balaban J connectivity index is 2.24. The van der Waals surface area contributed by atoms with Crippen molar-refractivity contribution in [2.75, 3.05) is 23.8 Å². The molecule has 1 aliphatic rings. The van der Waals surface area contributed by atoms with Crippen LogP contribution in [0.4, 0.5) is 11.9 Å². The largest absolute Gasteiger partial charge is 0.464 e.